The molecule has 2 unspecified atom stereocenters. The molecule has 2 rings (SSSR count). The minimum absolute atomic E-state index is 0.216. The van der Waals surface area contributed by atoms with Gasteiger partial charge in [-0.25, -0.2) is 0 Å². The number of benzene rings is 1. The molecular weight excluding hydrogens is 250 g/mol. The molecule has 1 aromatic heterocycles. The summed E-state index contributed by atoms with van der Waals surface area (Å²) in [5.74, 6) is 6.13. The number of hydrogen-bond donors (Lipinski definition) is 2. The Balaban J connectivity index is 2.05. The quantitative estimate of drug-likeness (QED) is 0.600. The van der Waals surface area contributed by atoms with Crippen LogP contribution in [-0.4, -0.2) is 24.7 Å². The van der Waals surface area contributed by atoms with E-state index in [0.29, 0.717) is 5.92 Å². The second-order valence-electron chi connectivity index (χ2n) is 5.36. The molecule has 0 aliphatic heterocycles. The molecule has 1 aromatic carbocycles. The topological polar surface area (TPSA) is 60.2 Å². The third-order valence-electron chi connectivity index (χ3n) is 3.49. The van der Waals surface area contributed by atoms with Crippen LogP contribution in [0.2, 0.25) is 0 Å². The lowest BCUT2D eigenvalue weighted by Gasteiger charge is -2.19. The minimum Gasteiger partial charge on any atom is -0.384 e. The van der Waals surface area contributed by atoms with Crippen LogP contribution in [0, 0.1) is 5.92 Å². The summed E-state index contributed by atoms with van der Waals surface area (Å²) < 4.78 is 5.17. The second-order valence-corrected chi connectivity index (χ2v) is 5.36. The van der Waals surface area contributed by atoms with Gasteiger partial charge in [0, 0.05) is 37.3 Å². The number of nitrogens with zero attached hydrogens (tertiary/aromatic N) is 1. The van der Waals surface area contributed by atoms with Crippen LogP contribution in [0.15, 0.2) is 36.4 Å². The molecule has 4 heteroatoms. The zero-order chi connectivity index (χ0) is 14.4. The Hall–Kier alpha value is -1.49. The molecule has 0 aliphatic carbocycles. The van der Waals surface area contributed by atoms with Gasteiger partial charge in [-0.05, 0) is 24.5 Å². The van der Waals surface area contributed by atoms with Gasteiger partial charge in [0.05, 0.1) is 5.52 Å². The molecule has 1 heterocycles. The number of pyridine rings is 1. The summed E-state index contributed by atoms with van der Waals surface area (Å²) in [6, 6.07) is 12.6. The minimum atomic E-state index is 0.216. The van der Waals surface area contributed by atoms with Crippen LogP contribution in [0.3, 0.4) is 0 Å². The van der Waals surface area contributed by atoms with E-state index in [1.165, 1.54) is 5.39 Å². The lowest BCUT2D eigenvalue weighted by molar-refractivity contribution is 0.149. The van der Waals surface area contributed by atoms with E-state index in [4.69, 9.17) is 10.6 Å². The Morgan fingerprint density at radius 2 is 2.05 bits per heavy atom. The molecule has 0 amide bonds. The van der Waals surface area contributed by atoms with Gasteiger partial charge < -0.3 is 4.74 Å². The number of nitrogens with two attached hydrogens (primary N) is 1. The van der Waals surface area contributed by atoms with E-state index in [1.54, 1.807) is 7.11 Å². The molecule has 108 valence electrons. The van der Waals surface area contributed by atoms with Crippen molar-refractivity contribution in [3.63, 3.8) is 0 Å². The monoisotopic (exact) mass is 273 g/mol. The number of rotatable bonds is 7. The fourth-order valence-electron chi connectivity index (χ4n) is 2.52. The summed E-state index contributed by atoms with van der Waals surface area (Å²) in [7, 11) is 1.73. The number of methoxy groups -OCH3 is 1. The Labute approximate surface area is 120 Å². The molecule has 3 N–H and O–H groups in total. The molecule has 20 heavy (non-hydrogen) atoms. The normalized spacial score (nSPS) is 14.3. The summed E-state index contributed by atoms with van der Waals surface area (Å²) in [6.07, 6.45) is 1.80. The van der Waals surface area contributed by atoms with Crippen molar-refractivity contribution in [3.05, 3.63) is 42.1 Å². The van der Waals surface area contributed by atoms with Gasteiger partial charge in [0.15, 0.2) is 0 Å². The van der Waals surface area contributed by atoms with E-state index in [0.717, 1.165) is 30.7 Å². The molecule has 4 nitrogen and oxygen atoms in total. The van der Waals surface area contributed by atoms with Crippen molar-refractivity contribution in [1.29, 1.82) is 0 Å². The predicted octanol–water partition coefficient (Wildman–Crippen LogP) is 2.28. The Bertz CT molecular complexity index is 544. The number of para-hydroxylation sites is 1. The first-order chi connectivity index (χ1) is 9.72. The number of fused-ring (bicyclic) bond motifs is 1. The van der Waals surface area contributed by atoms with Gasteiger partial charge in [0.2, 0.25) is 0 Å². The standard InChI is InChI=1S/C16H23N3O/c1-12(11-20-2)9-15(19-17)10-14-8-7-13-5-3-4-6-16(13)18-14/h3-8,12,15,19H,9-11,17H2,1-2H3. The van der Waals surface area contributed by atoms with Gasteiger partial charge in [-0.1, -0.05) is 31.2 Å². The highest BCUT2D eigenvalue weighted by molar-refractivity contribution is 5.78. The van der Waals surface area contributed by atoms with Crippen molar-refractivity contribution in [1.82, 2.24) is 10.4 Å². The fraction of sp³-hybridized carbons (Fsp3) is 0.438. The predicted molar refractivity (Wildman–Crippen MR) is 82.2 cm³/mol. The number of aromatic nitrogens is 1. The van der Waals surface area contributed by atoms with Crippen LogP contribution in [-0.2, 0) is 11.2 Å². The zero-order valence-electron chi connectivity index (χ0n) is 12.2. The van der Waals surface area contributed by atoms with E-state index in [2.05, 4.69) is 35.5 Å². The molecule has 0 bridgehead atoms. The Morgan fingerprint density at radius 1 is 1.25 bits per heavy atom. The van der Waals surface area contributed by atoms with E-state index < -0.39 is 0 Å². The molecule has 0 aliphatic rings. The summed E-state index contributed by atoms with van der Waals surface area (Å²) in [6.45, 7) is 2.92. The van der Waals surface area contributed by atoms with Crippen molar-refractivity contribution in [3.8, 4) is 0 Å². The van der Waals surface area contributed by atoms with Crippen LogP contribution in [0.5, 0.6) is 0 Å². The molecule has 2 aromatic rings. The highest BCUT2D eigenvalue weighted by Gasteiger charge is 2.13. The number of hydrogen-bond acceptors (Lipinski definition) is 4. The zero-order valence-corrected chi connectivity index (χ0v) is 12.2. The highest BCUT2D eigenvalue weighted by Crippen LogP contribution is 2.15. The molecule has 0 spiro atoms. The second kappa shape index (κ2) is 7.33. The summed E-state index contributed by atoms with van der Waals surface area (Å²) >= 11 is 0. The average Bonchev–Trinajstić information content (AvgIpc) is 2.46. The van der Waals surface area contributed by atoms with E-state index in [9.17, 15) is 0 Å². The van der Waals surface area contributed by atoms with Crippen LogP contribution >= 0.6 is 0 Å². The van der Waals surface area contributed by atoms with Crippen molar-refractivity contribution >= 4 is 10.9 Å². The molecule has 0 saturated heterocycles. The van der Waals surface area contributed by atoms with E-state index >= 15 is 0 Å². The van der Waals surface area contributed by atoms with Gasteiger partial charge in [0.1, 0.15) is 0 Å². The van der Waals surface area contributed by atoms with Gasteiger partial charge in [0.25, 0.3) is 0 Å². The van der Waals surface area contributed by atoms with Crippen molar-refractivity contribution in [2.24, 2.45) is 11.8 Å². The molecule has 0 fully saturated rings. The highest BCUT2D eigenvalue weighted by atomic mass is 16.5. The van der Waals surface area contributed by atoms with Crippen LogP contribution in [0.4, 0.5) is 0 Å². The molecule has 0 radical (unpaired) electrons. The van der Waals surface area contributed by atoms with Gasteiger partial charge in [-0.15, -0.1) is 0 Å². The first-order valence-corrected chi connectivity index (χ1v) is 7.02. The van der Waals surface area contributed by atoms with Crippen molar-refractivity contribution in [2.75, 3.05) is 13.7 Å². The lowest BCUT2D eigenvalue weighted by Crippen LogP contribution is -2.38. The maximum absolute atomic E-state index is 5.66. The first kappa shape index (κ1) is 14.9. The maximum atomic E-state index is 5.66. The van der Waals surface area contributed by atoms with E-state index in [1.807, 2.05) is 18.2 Å². The smallest absolute Gasteiger partial charge is 0.0705 e. The SMILES string of the molecule is COCC(C)CC(Cc1ccc2ccccc2n1)NN. The average molecular weight is 273 g/mol. The van der Waals surface area contributed by atoms with Crippen molar-refractivity contribution < 1.29 is 4.74 Å². The summed E-state index contributed by atoms with van der Waals surface area (Å²) in [5.41, 5.74) is 4.99. The fourth-order valence-corrected chi connectivity index (χ4v) is 2.52. The molecule has 0 saturated carbocycles. The summed E-state index contributed by atoms with van der Waals surface area (Å²) in [5, 5.41) is 1.17. The molecular formula is C16H23N3O. The van der Waals surface area contributed by atoms with Crippen LogP contribution in [0.25, 0.3) is 10.9 Å². The Kier molecular flexibility index (Phi) is 5.47. The largest absolute Gasteiger partial charge is 0.384 e. The third kappa shape index (κ3) is 4.00. The molecule has 2 atom stereocenters. The van der Waals surface area contributed by atoms with Gasteiger partial charge in [-0.2, -0.15) is 0 Å². The summed E-state index contributed by atoms with van der Waals surface area (Å²) in [4.78, 5) is 4.69. The number of ether oxygens (including phenoxy) is 1. The number of hydrazine groups is 1. The van der Waals surface area contributed by atoms with Gasteiger partial charge >= 0.3 is 0 Å². The Morgan fingerprint density at radius 3 is 2.80 bits per heavy atom. The lowest BCUT2D eigenvalue weighted by atomic mass is 9.99. The van der Waals surface area contributed by atoms with Gasteiger partial charge in [-0.3, -0.25) is 16.3 Å². The number of nitrogens with one attached hydrogen (secondary N) is 1. The maximum Gasteiger partial charge on any atom is 0.0705 e. The third-order valence-corrected chi connectivity index (χ3v) is 3.49. The van der Waals surface area contributed by atoms with E-state index in [-0.39, 0.29) is 6.04 Å². The first-order valence-electron chi connectivity index (χ1n) is 7.02. The van der Waals surface area contributed by atoms with Crippen molar-refractivity contribution in [2.45, 2.75) is 25.8 Å². The van der Waals surface area contributed by atoms with Crippen LogP contribution in [0.1, 0.15) is 19.0 Å². The van der Waals surface area contributed by atoms with Crippen LogP contribution < -0.4 is 11.3 Å².